The number of nitrogens with zero attached hydrogens (tertiary/aromatic N) is 4. The first-order valence-corrected chi connectivity index (χ1v) is 12.6. The van der Waals surface area contributed by atoms with Crippen molar-refractivity contribution in [2.24, 2.45) is 0 Å². The van der Waals surface area contributed by atoms with Gasteiger partial charge in [0.15, 0.2) is 11.5 Å². The summed E-state index contributed by atoms with van der Waals surface area (Å²) in [5.41, 5.74) is -6.64. The standard InChI is InChI=1S/C28H10Cl2F6N4O5/c29-19-9-21(39(41)42)23(13-1-5-15(6-2-13)27(31,32)33)17(11-37)25(19)45-26-18(12-38)24(22(40(43)44)10-20(26)30)14-3-7-16(8-4-14)28(34,35)36/h1-10H. The maximum absolute atomic E-state index is 13.1. The van der Waals surface area contributed by atoms with Crippen LogP contribution in [0.5, 0.6) is 11.5 Å². The fraction of sp³-hybridized carbons (Fsp3) is 0.0714. The molecule has 0 N–H and O–H groups in total. The summed E-state index contributed by atoms with van der Waals surface area (Å²) in [5.74, 6) is -1.32. The molecule has 0 radical (unpaired) electrons. The smallest absolute Gasteiger partial charge is 0.416 e. The van der Waals surface area contributed by atoms with Gasteiger partial charge < -0.3 is 4.74 Å². The van der Waals surface area contributed by atoms with Gasteiger partial charge in [0, 0.05) is 12.1 Å². The summed E-state index contributed by atoms with van der Waals surface area (Å²) in [6.45, 7) is 0. The number of hydrogen-bond acceptors (Lipinski definition) is 7. The number of alkyl halides is 6. The van der Waals surface area contributed by atoms with Crippen molar-refractivity contribution in [1.29, 1.82) is 10.5 Å². The Kier molecular flexibility index (Phi) is 8.64. The molecule has 0 atom stereocenters. The second kappa shape index (κ2) is 12.0. The topological polar surface area (TPSA) is 143 Å². The largest absolute Gasteiger partial charge is 0.451 e. The van der Waals surface area contributed by atoms with Crippen LogP contribution in [0.2, 0.25) is 10.0 Å². The monoisotopic (exact) mass is 666 g/mol. The van der Waals surface area contributed by atoms with Gasteiger partial charge in [-0.05, 0) is 35.4 Å². The molecule has 0 fully saturated rings. The van der Waals surface area contributed by atoms with Gasteiger partial charge in [-0.1, -0.05) is 47.5 Å². The van der Waals surface area contributed by atoms with E-state index in [4.69, 9.17) is 27.9 Å². The molecule has 0 saturated carbocycles. The van der Waals surface area contributed by atoms with E-state index in [2.05, 4.69) is 0 Å². The van der Waals surface area contributed by atoms with Crippen LogP contribution in [-0.2, 0) is 12.4 Å². The number of halogens is 8. The van der Waals surface area contributed by atoms with Crippen LogP contribution < -0.4 is 4.74 Å². The van der Waals surface area contributed by atoms with Gasteiger partial charge in [-0.25, -0.2) is 0 Å². The Balaban J connectivity index is 1.99. The van der Waals surface area contributed by atoms with E-state index in [0.29, 0.717) is 24.3 Å². The molecule has 9 nitrogen and oxygen atoms in total. The first-order valence-electron chi connectivity index (χ1n) is 11.8. The molecule has 4 aromatic rings. The first-order chi connectivity index (χ1) is 21.0. The van der Waals surface area contributed by atoms with Crippen LogP contribution in [0.15, 0.2) is 60.7 Å². The van der Waals surface area contributed by atoms with Crippen molar-refractivity contribution >= 4 is 34.6 Å². The predicted octanol–water partition coefficient (Wildman–Crippen LogP) is 9.72. The summed E-state index contributed by atoms with van der Waals surface area (Å²) < 4.78 is 84.4. The fourth-order valence-electron chi connectivity index (χ4n) is 4.28. The Bertz CT molecular complexity index is 1810. The zero-order chi connectivity index (χ0) is 33.4. The third-order valence-corrected chi connectivity index (χ3v) is 6.81. The molecule has 45 heavy (non-hydrogen) atoms. The number of hydrogen-bond donors (Lipinski definition) is 0. The van der Waals surface area contributed by atoms with E-state index in [0.717, 1.165) is 36.4 Å². The van der Waals surface area contributed by atoms with Crippen molar-refractivity contribution in [3.8, 4) is 45.9 Å². The second-order valence-corrected chi connectivity index (χ2v) is 9.72. The average molecular weight is 667 g/mol. The lowest BCUT2D eigenvalue weighted by Gasteiger charge is -2.17. The number of nitro groups is 2. The van der Waals surface area contributed by atoms with Gasteiger partial charge in [0.1, 0.15) is 23.3 Å². The van der Waals surface area contributed by atoms with Gasteiger partial charge in [0.25, 0.3) is 11.4 Å². The molecule has 0 heterocycles. The minimum absolute atomic E-state index is 0.228. The molecule has 0 aliphatic rings. The van der Waals surface area contributed by atoms with Crippen LogP contribution in [0.4, 0.5) is 37.7 Å². The van der Waals surface area contributed by atoms with E-state index in [1.165, 1.54) is 0 Å². The van der Waals surface area contributed by atoms with E-state index in [1.807, 2.05) is 0 Å². The SMILES string of the molecule is N#Cc1c(Oc2c(Cl)cc([N+](=O)[O-])c(-c3ccc(C(F)(F)F)cc3)c2C#N)c(Cl)cc([N+](=O)[O-])c1-c1ccc(C(F)(F)F)cc1. The van der Waals surface area contributed by atoms with Crippen molar-refractivity contribution < 1.29 is 40.9 Å². The Morgan fingerprint density at radius 2 is 0.956 bits per heavy atom. The molecule has 0 unspecified atom stereocenters. The Morgan fingerprint density at radius 1 is 0.644 bits per heavy atom. The third kappa shape index (κ3) is 6.31. The average Bonchev–Trinajstić information content (AvgIpc) is 2.97. The maximum Gasteiger partial charge on any atom is 0.416 e. The highest BCUT2D eigenvalue weighted by Crippen LogP contribution is 2.49. The maximum atomic E-state index is 13.1. The highest BCUT2D eigenvalue weighted by Gasteiger charge is 2.34. The molecular formula is C28H10Cl2F6N4O5. The summed E-state index contributed by atoms with van der Waals surface area (Å²) in [5, 5.41) is 42.6. The molecule has 4 rings (SSSR count). The van der Waals surface area contributed by atoms with E-state index >= 15 is 0 Å². The summed E-state index contributed by atoms with van der Waals surface area (Å²) in [7, 11) is 0. The molecule has 17 heteroatoms. The zero-order valence-electron chi connectivity index (χ0n) is 21.6. The Hall–Kier alpha value is -5.38. The lowest BCUT2D eigenvalue weighted by Crippen LogP contribution is -2.05. The van der Waals surface area contributed by atoms with Crippen LogP contribution in [0.1, 0.15) is 22.3 Å². The first kappa shape index (κ1) is 32.5. The fourth-order valence-corrected chi connectivity index (χ4v) is 4.75. The minimum Gasteiger partial charge on any atom is -0.451 e. The van der Waals surface area contributed by atoms with Crippen LogP contribution in [0.3, 0.4) is 0 Å². The van der Waals surface area contributed by atoms with Crippen molar-refractivity contribution in [2.75, 3.05) is 0 Å². The molecule has 228 valence electrons. The van der Waals surface area contributed by atoms with Crippen molar-refractivity contribution in [3.63, 3.8) is 0 Å². The van der Waals surface area contributed by atoms with Gasteiger partial charge in [-0.15, -0.1) is 0 Å². The van der Waals surface area contributed by atoms with Gasteiger partial charge in [0.2, 0.25) is 0 Å². The molecule has 0 aliphatic heterocycles. The normalized spacial score (nSPS) is 11.4. The van der Waals surface area contributed by atoms with E-state index in [-0.39, 0.29) is 11.1 Å². The van der Waals surface area contributed by atoms with Crippen molar-refractivity contribution in [2.45, 2.75) is 12.4 Å². The summed E-state index contributed by atoms with van der Waals surface area (Å²) in [6, 6.07) is 10.7. The lowest BCUT2D eigenvalue weighted by molar-refractivity contribution is -0.384. The highest BCUT2D eigenvalue weighted by atomic mass is 35.5. The van der Waals surface area contributed by atoms with Crippen LogP contribution in [0, 0.1) is 42.9 Å². The summed E-state index contributed by atoms with van der Waals surface area (Å²) in [6.07, 6.45) is -9.50. The molecular weight excluding hydrogens is 657 g/mol. The summed E-state index contributed by atoms with van der Waals surface area (Å²) >= 11 is 12.5. The Morgan fingerprint density at radius 3 is 1.20 bits per heavy atom. The zero-order valence-corrected chi connectivity index (χ0v) is 23.1. The number of nitro benzene ring substituents is 2. The van der Waals surface area contributed by atoms with E-state index in [9.17, 15) is 57.1 Å². The van der Waals surface area contributed by atoms with Crippen LogP contribution in [0.25, 0.3) is 22.3 Å². The number of benzene rings is 4. The predicted molar refractivity (Wildman–Crippen MR) is 147 cm³/mol. The van der Waals surface area contributed by atoms with Gasteiger partial charge in [0.05, 0.1) is 42.1 Å². The van der Waals surface area contributed by atoms with Crippen LogP contribution >= 0.6 is 23.2 Å². The van der Waals surface area contributed by atoms with Gasteiger partial charge in [-0.2, -0.15) is 36.9 Å². The van der Waals surface area contributed by atoms with E-state index < -0.39 is 88.5 Å². The summed E-state index contributed by atoms with van der Waals surface area (Å²) in [4.78, 5) is 21.8. The second-order valence-electron chi connectivity index (χ2n) is 8.90. The Labute approximate surface area is 257 Å². The molecule has 0 bridgehead atoms. The number of rotatable bonds is 6. The molecule has 0 amide bonds. The van der Waals surface area contributed by atoms with Crippen molar-refractivity contribution in [3.05, 3.63) is 113 Å². The molecule has 0 spiro atoms. The molecule has 4 aromatic carbocycles. The van der Waals surface area contributed by atoms with Crippen LogP contribution in [-0.4, -0.2) is 9.85 Å². The van der Waals surface area contributed by atoms with Gasteiger partial charge in [-0.3, -0.25) is 20.2 Å². The molecule has 0 aliphatic carbocycles. The third-order valence-electron chi connectivity index (χ3n) is 6.25. The highest BCUT2D eigenvalue weighted by molar-refractivity contribution is 6.33. The number of nitriles is 2. The minimum atomic E-state index is -4.75. The lowest BCUT2D eigenvalue weighted by atomic mass is 9.95. The van der Waals surface area contributed by atoms with Gasteiger partial charge >= 0.3 is 12.4 Å². The molecule has 0 saturated heterocycles. The van der Waals surface area contributed by atoms with E-state index in [1.54, 1.807) is 12.1 Å². The number of ether oxygens (including phenoxy) is 1. The quantitative estimate of drug-likeness (QED) is 0.113. The molecule has 0 aromatic heterocycles. The van der Waals surface area contributed by atoms with Crippen molar-refractivity contribution in [1.82, 2.24) is 0 Å².